The Bertz CT molecular complexity index is 1380. The summed E-state index contributed by atoms with van der Waals surface area (Å²) in [6.45, 7) is 2.58. The topological polar surface area (TPSA) is 125 Å². The number of aliphatic hydroxyl groups excluding tert-OH is 1. The minimum absolute atomic E-state index is 0.0274. The van der Waals surface area contributed by atoms with E-state index < -0.39 is 22.0 Å². The van der Waals surface area contributed by atoms with E-state index in [-0.39, 0.29) is 16.1 Å². The Kier molecular flexibility index (Phi) is 11.4. The number of amides is 2. The van der Waals surface area contributed by atoms with Gasteiger partial charge >= 0.3 is 0 Å². The number of carbonyl (C=O) groups excluding carboxylic acids is 2. The molecule has 0 fully saturated rings. The van der Waals surface area contributed by atoms with Crippen molar-refractivity contribution in [3.05, 3.63) is 88.9 Å². The van der Waals surface area contributed by atoms with Crippen LogP contribution >= 0.6 is 24.2 Å². The highest BCUT2D eigenvalue weighted by Gasteiger charge is 2.24. The molecule has 0 aromatic heterocycles. The summed E-state index contributed by atoms with van der Waals surface area (Å²) in [4.78, 5) is 23.8. The van der Waals surface area contributed by atoms with Crippen molar-refractivity contribution in [1.82, 2.24) is 15.4 Å². The van der Waals surface area contributed by atoms with Crippen LogP contribution in [0, 0.1) is 0 Å². The van der Waals surface area contributed by atoms with Crippen LogP contribution in [-0.2, 0) is 32.6 Å². The van der Waals surface area contributed by atoms with E-state index in [1.807, 2.05) is 35.1 Å². The minimum atomic E-state index is -4.24. The number of rotatable bonds is 13. The molecule has 3 aromatic rings. The predicted molar refractivity (Wildman–Crippen MR) is 156 cm³/mol. The van der Waals surface area contributed by atoms with E-state index in [0.717, 1.165) is 12.0 Å². The summed E-state index contributed by atoms with van der Waals surface area (Å²) in [6.07, 6.45) is -0.402. The predicted octanol–water partition coefficient (Wildman–Crippen LogP) is 3.33. The van der Waals surface area contributed by atoms with Gasteiger partial charge in [-0.1, -0.05) is 72.3 Å². The van der Waals surface area contributed by atoms with Gasteiger partial charge in [0.2, 0.25) is 5.91 Å². The summed E-state index contributed by atoms with van der Waals surface area (Å²) < 4.78 is 27.4. The molecular weight excluding hydrogens is 558 g/mol. The molecule has 11 heteroatoms. The molecule has 0 aliphatic heterocycles. The fraction of sp³-hybridized carbons (Fsp3) is 0.286. The van der Waals surface area contributed by atoms with E-state index in [9.17, 15) is 23.1 Å². The van der Waals surface area contributed by atoms with Gasteiger partial charge in [0.15, 0.2) is 0 Å². The number of halogens is 1. The second kappa shape index (κ2) is 14.5. The monoisotopic (exact) mass is 589 g/mol. The Labute approximate surface area is 239 Å². The fourth-order valence-corrected chi connectivity index (χ4v) is 5.67. The zero-order valence-corrected chi connectivity index (χ0v) is 23.9. The first kappa shape index (κ1) is 30.6. The lowest BCUT2D eigenvalue weighted by Crippen LogP contribution is -2.37. The van der Waals surface area contributed by atoms with Gasteiger partial charge in [-0.15, -0.1) is 0 Å². The van der Waals surface area contributed by atoms with Gasteiger partial charge in [0.1, 0.15) is 6.10 Å². The number of sulfonamides is 1. The van der Waals surface area contributed by atoms with Crippen molar-refractivity contribution in [2.45, 2.75) is 42.6 Å². The summed E-state index contributed by atoms with van der Waals surface area (Å²) in [5, 5.41) is 15.9. The smallest absolute Gasteiger partial charge is 0.264 e. The number of benzene rings is 3. The molecule has 0 unspecified atom stereocenters. The van der Waals surface area contributed by atoms with Crippen LogP contribution in [-0.4, -0.2) is 49.8 Å². The number of hydrogen-bond donors (Lipinski definition) is 5. The number of nitrogens with one attached hydrogen (secondary N) is 3. The molecule has 0 spiro atoms. The standard InChI is InChI=1S/C28H32ClN3O5S2/c1-19(33)28(35)32-39(36,37)26-10-6-5-9-24(26)23-12-11-21(16-25(23)29)17-30-14-13-27(34)31-18-22(38)15-20-7-3-2-4-8-20/h2-12,16,19,22,30,33,38H,13-15,17-18H2,1H3,(H,31,34)(H,32,35)/t19-,22+/m0/s1. The molecule has 2 atom stereocenters. The number of hydrogen-bond acceptors (Lipinski definition) is 7. The van der Waals surface area contributed by atoms with E-state index in [1.54, 1.807) is 30.3 Å². The van der Waals surface area contributed by atoms with Gasteiger partial charge in [-0.2, -0.15) is 12.6 Å². The van der Waals surface area contributed by atoms with Crippen LogP contribution in [0.25, 0.3) is 11.1 Å². The van der Waals surface area contributed by atoms with Gasteiger partial charge in [-0.3, -0.25) is 9.59 Å². The lowest BCUT2D eigenvalue weighted by molar-refractivity contribution is -0.126. The molecule has 0 aliphatic carbocycles. The van der Waals surface area contributed by atoms with E-state index in [4.69, 9.17) is 11.6 Å². The number of thiol groups is 1. The first-order valence-electron chi connectivity index (χ1n) is 12.4. The summed E-state index contributed by atoms with van der Waals surface area (Å²) in [6, 6.07) is 21.4. The van der Waals surface area contributed by atoms with Crippen molar-refractivity contribution in [3.63, 3.8) is 0 Å². The summed E-state index contributed by atoms with van der Waals surface area (Å²) in [5.41, 5.74) is 2.82. The third-order valence-corrected chi connectivity index (χ3v) is 7.90. The van der Waals surface area contributed by atoms with Gasteiger partial charge in [0.25, 0.3) is 15.9 Å². The Morgan fingerprint density at radius 1 is 0.974 bits per heavy atom. The highest BCUT2D eigenvalue weighted by atomic mass is 35.5. The van der Waals surface area contributed by atoms with Crippen molar-refractivity contribution < 1.29 is 23.1 Å². The molecule has 0 radical (unpaired) electrons. The molecule has 3 aromatic carbocycles. The third-order valence-electron chi connectivity index (χ3n) is 5.82. The molecule has 4 N–H and O–H groups in total. The molecule has 39 heavy (non-hydrogen) atoms. The largest absolute Gasteiger partial charge is 0.384 e. The van der Waals surface area contributed by atoms with E-state index in [1.165, 1.54) is 24.6 Å². The van der Waals surface area contributed by atoms with Gasteiger partial charge in [0, 0.05) is 47.5 Å². The summed E-state index contributed by atoms with van der Waals surface area (Å²) in [5.74, 6) is -1.09. The quantitative estimate of drug-likeness (QED) is 0.154. The Hall–Kier alpha value is -2.89. The molecule has 0 bridgehead atoms. The first-order valence-corrected chi connectivity index (χ1v) is 14.8. The fourth-order valence-electron chi connectivity index (χ4n) is 3.80. The Morgan fingerprint density at radius 2 is 1.67 bits per heavy atom. The number of aliphatic hydroxyl groups is 1. The highest BCUT2D eigenvalue weighted by Crippen LogP contribution is 2.33. The molecule has 3 rings (SSSR count). The molecule has 8 nitrogen and oxygen atoms in total. The van der Waals surface area contributed by atoms with Crippen LogP contribution in [0.15, 0.2) is 77.7 Å². The van der Waals surface area contributed by atoms with Gasteiger partial charge in [-0.25, -0.2) is 13.1 Å². The third kappa shape index (κ3) is 9.36. The van der Waals surface area contributed by atoms with Crippen LogP contribution in [0.3, 0.4) is 0 Å². The lowest BCUT2D eigenvalue weighted by Gasteiger charge is -2.14. The van der Waals surface area contributed by atoms with Crippen molar-refractivity contribution in [2.75, 3.05) is 13.1 Å². The Morgan fingerprint density at radius 3 is 2.36 bits per heavy atom. The van der Waals surface area contributed by atoms with Crippen LogP contribution in [0.4, 0.5) is 0 Å². The molecule has 0 heterocycles. The molecule has 0 saturated heterocycles. The maximum atomic E-state index is 12.8. The van der Waals surface area contributed by atoms with E-state index >= 15 is 0 Å². The minimum Gasteiger partial charge on any atom is -0.384 e. The van der Waals surface area contributed by atoms with Gasteiger partial charge < -0.3 is 15.7 Å². The lowest BCUT2D eigenvalue weighted by atomic mass is 10.0. The molecule has 208 valence electrons. The maximum absolute atomic E-state index is 12.8. The van der Waals surface area contributed by atoms with Crippen LogP contribution < -0.4 is 15.4 Å². The van der Waals surface area contributed by atoms with E-state index in [0.29, 0.717) is 42.2 Å². The average molecular weight is 590 g/mol. The summed E-state index contributed by atoms with van der Waals surface area (Å²) in [7, 11) is -4.24. The van der Waals surface area contributed by atoms with Gasteiger partial charge in [-0.05, 0) is 36.6 Å². The molecule has 0 saturated carbocycles. The highest BCUT2D eigenvalue weighted by molar-refractivity contribution is 7.90. The van der Waals surface area contributed by atoms with Crippen molar-refractivity contribution in [2.24, 2.45) is 0 Å². The Balaban J connectivity index is 1.52. The zero-order valence-electron chi connectivity index (χ0n) is 21.4. The first-order chi connectivity index (χ1) is 18.6. The van der Waals surface area contributed by atoms with E-state index in [2.05, 4.69) is 23.3 Å². The second-order valence-electron chi connectivity index (χ2n) is 9.03. The SMILES string of the molecule is C[C@H](O)C(=O)NS(=O)(=O)c1ccccc1-c1ccc(CNCCC(=O)NC[C@H](S)Cc2ccccc2)cc1Cl. The molecule has 0 aliphatic rings. The molecular formula is C28H32ClN3O5S2. The van der Waals surface area contributed by atoms with Gasteiger partial charge in [0.05, 0.1) is 4.90 Å². The van der Waals surface area contributed by atoms with Crippen molar-refractivity contribution in [3.8, 4) is 11.1 Å². The average Bonchev–Trinajstić information content (AvgIpc) is 2.90. The van der Waals surface area contributed by atoms with Crippen LogP contribution in [0.2, 0.25) is 5.02 Å². The van der Waals surface area contributed by atoms with Crippen molar-refractivity contribution >= 4 is 46.1 Å². The molecule has 2 amide bonds. The number of carbonyl (C=O) groups is 2. The normalized spacial score (nSPS) is 12.9. The van der Waals surface area contributed by atoms with Crippen LogP contribution in [0.5, 0.6) is 0 Å². The zero-order chi connectivity index (χ0) is 28.4. The van der Waals surface area contributed by atoms with Crippen LogP contribution in [0.1, 0.15) is 24.5 Å². The van der Waals surface area contributed by atoms with Crippen molar-refractivity contribution in [1.29, 1.82) is 0 Å². The second-order valence-corrected chi connectivity index (χ2v) is 11.8. The maximum Gasteiger partial charge on any atom is 0.264 e. The summed E-state index contributed by atoms with van der Waals surface area (Å²) >= 11 is 11.1.